The second kappa shape index (κ2) is 6.32. The maximum Gasteiger partial charge on any atom is 0.275 e. The lowest BCUT2D eigenvalue weighted by Crippen LogP contribution is -2.43. The Morgan fingerprint density at radius 3 is 2.95 bits per heavy atom. The van der Waals surface area contributed by atoms with Crippen molar-refractivity contribution in [2.24, 2.45) is 5.73 Å². The van der Waals surface area contributed by atoms with Crippen LogP contribution in [0.15, 0.2) is 18.2 Å². The van der Waals surface area contributed by atoms with Crippen molar-refractivity contribution >= 4 is 17.3 Å². The molecule has 1 atom stereocenters. The van der Waals surface area contributed by atoms with E-state index in [1.54, 1.807) is 12.1 Å². The van der Waals surface area contributed by atoms with Crippen molar-refractivity contribution in [2.75, 3.05) is 13.1 Å². The first kappa shape index (κ1) is 14.2. The third kappa shape index (κ3) is 3.43. The van der Waals surface area contributed by atoms with E-state index in [1.807, 2.05) is 0 Å². The van der Waals surface area contributed by atoms with Crippen LogP contribution in [-0.4, -0.2) is 29.0 Å². The first-order chi connectivity index (χ1) is 9.11. The lowest BCUT2D eigenvalue weighted by Gasteiger charge is -2.34. The molecule has 6 heteroatoms. The molecule has 19 heavy (non-hydrogen) atoms. The van der Waals surface area contributed by atoms with Crippen LogP contribution in [0.2, 0.25) is 5.02 Å². The molecule has 1 heterocycles. The Morgan fingerprint density at radius 1 is 1.47 bits per heavy atom. The fourth-order valence-corrected chi connectivity index (χ4v) is 2.76. The molecular formula is C13H18ClN3O2. The Morgan fingerprint density at radius 2 is 2.26 bits per heavy atom. The number of halogens is 1. The molecule has 0 amide bonds. The lowest BCUT2D eigenvalue weighted by molar-refractivity contribution is -0.385. The zero-order valence-electron chi connectivity index (χ0n) is 10.7. The van der Waals surface area contributed by atoms with E-state index >= 15 is 0 Å². The smallest absolute Gasteiger partial charge is 0.275 e. The van der Waals surface area contributed by atoms with E-state index < -0.39 is 0 Å². The van der Waals surface area contributed by atoms with Gasteiger partial charge < -0.3 is 5.73 Å². The van der Waals surface area contributed by atoms with E-state index in [-0.39, 0.29) is 10.6 Å². The molecule has 1 fully saturated rings. The molecule has 1 aliphatic heterocycles. The molecule has 1 aromatic rings. The second-order valence-electron chi connectivity index (χ2n) is 4.89. The number of hydrogen-bond acceptors (Lipinski definition) is 4. The van der Waals surface area contributed by atoms with Gasteiger partial charge >= 0.3 is 0 Å². The van der Waals surface area contributed by atoms with E-state index in [9.17, 15) is 10.1 Å². The van der Waals surface area contributed by atoms with E-state index in [0.717, 1.165) is 19.4 Å². The number of nitrogens with zero attached hydrogens (tertiary/aromatic N) is 2. The van der Waals surface area contributed by atoms with Gasteiger partial charge in [0.15, 0.2) is 0 Å². The van der Waals surface area contributed by atoms with Crippen LogP contribution in [0.3, 0.4) is 0 Å². The number of likely N-dealkylation sites (tertiary alicyclic amines) is 1. The van der Waals surface area contributed by atoms with Crippen LogP contribution in [0, 0.1) is 10.1 Å². The first-order valence-corrected chi connectivity index (χ1v) is 6.86. The molecule has 2 N–H and O–H groups in total. The van der Waals surface area contributed by atoms with Gasteiger partial charge in [0.25, 0.3) is 5.69 Å². The van der Waals surface area contributed by atoms with Gasteiger partial charge in [-0.05, 0) is 31.5 Å². The third-order valence-electron chi connectivity index (χ3n) is 3.64. The predicted molar refractivity (Wildman–Crippen MR) is 75.2 cm³/mol. The predicted octanol–water partition coefficient (Wildman–Crippen LogP) is 2.56. The fourth-order valence-electron chi connectivity index (χ4n) is 2.59. The van der Waals surface area contributed by atoms with Crippen molar-refractivity contribution in [2.45, 2.75) is 31.8 Å². The van der Waals surface area contributed by atoms with Crippen molar-refractivity contribution in [1.29, 1.82) is 0 Å². The van der Waals surface area contributed by atoms with Crippen molar-refractivity contribution in [3.05, 3.63) is 38.9 Å². The minimum Gasteiger partial charge on any atom is -0.329 e. The van der Waals surface area contributed by atoms with Crippen LogP contribution in [0.5, 0.6) is 0 Å². The molecule has 1 saturated heterocycles. The molecule has 1 aromatic carbocycles. The summed E-state index contributed by atoms with van der Waals surface area (Å²) in [4.78, 5) is 12.9. The summed E-state index contributed by atoms with van der Waals surface area (Å²) in [5.74, 6) is 0. The topological polar surface area (TPSA) is 72.4 Å². The standard InChI is InChI=1S/C13H18ClN3O2/c14-11-5-4-10(13(7-11)17(18)19)9-16-6-2-1-3-12(16)8-15/h4-5,7,12H,1-3,6,8-9,15H2. The summed E-state index contributed by atoms with van der Waals surface area (Å²) in [6.45, 7) is 2.11. The zero-order valence-corrected chi connectivity index (χ0v) is 11.5. The number of nitrogens with two attached hydrogens (primary N) is 1. The van der Waals surface area contributed by atoms with E-state index in [4.69, 9.17) is 17.3 Å². The van der Waals surface area contributed by atoms with Crippen molar-refractivity contribution in [3.63, 3.8) is 0 Å². The van der Waals surface area contributed by atoms with Gasteiger partial charge in [0, 0.05) is 35.8 Å². The van der Waals surface area contributed by atoms with E-state index in [2.05, 4.69) is 4.90 Å². The molecule has 0 aromatic heterocycles. The molecule has 0 bridgehead atoms. The Balaban J connectivity index is 2.20. The Labute approximate surface area is 117 Å². The van der Waals surface area contributed by atoms with Crippen LogP contribution in [0.4, 0.5) is 5.69 Å². The SMILES string of the molecule is NCC1CCCCN1Cc1ccc(Cl)cc1[N+](=O)[O-]. The van der Waals surface area contributed by atoms with Gasteiger partial charge in [-0.15, -0.1) is 0 Å². The van der Waals surface area contributed by atoms with Gasteiger partial charge in [-0.25, -0.2) is 0 Å². The van der Waals surface area contributed by atoms with Gasteiger partial charge in [0.05, 0.1) is 4.92 Å². The van der Waals surface area contributed by atoms with Crippen molar-refractivity contribution in [3.8, 4) is 0 Å². The van der Waals surface area contributed by atoms with E-state index in [1.165, 1.54) is 12.5 Å². The molecule has 1 aliphatic rings. The molecule has 0 spiro atoms. The minimum absolute atomic E-state index is 0.0915. The van der Waals surface area contributed by atoms with Crippen molar-refractivity contribution < 1.29 is 4.92 Å². The van der Waals surface area contributed by atoms with E-state index in [0.29, 0.717) is 29.7 Å². The number of rotatable bonds is 4. The van der Waals surface area contributed by atoms with Crippen LogP contribution in [0.25, 0.3) is 0 Å². The molecule has 0 radical (unpaired) electrons. The summed E-state index contributed by atoms with van der Waals surface area (Å²) in [5, 5.41) is 11.5. The summed E-state index contributed by atoms with van der Waals surface area (Å²) in [7, 11) is 0. The zero-order chi connectivity index (χ0) is 13.8. The van der Waals surface area contributed by atoms with Gasteiger partial charge in [0.1, 0.15) is 0 Å². The van der Waals surface area contributed by atoms with Crippen LogP contribution >= 0.6 is 11.6 Å². The molecule has 5 nitrogen and oxygen atoms in total. The Bertz CT molecular complexity index is 467. The van der Waals surface area contributed by atoms with Gasteiger partial charge in [-0.3, -0.25) is 15.0 Å². The van der Waals surface area contributed by atoms with Gasteiger partial charge in [-0.1, -0.05) is 18.0 Å². The molecule has 0 saturated carbocycles. The van der Waals surface area contributed by atoms with Crippen molar-refractivity contribution in [1.82, 2.24) is 4.90 Å². The maximum atomic E-state index is 11.1. The molecule has 0 aliphatic carbocycles. The average Bonchev–Trinajstić information content (AvgIpc) is 2.41. The van der Waals surface area contributed by atoms with Crippen LogP contribution in [-0.2, 0) is 6.54 Å². The van der Waals surface area contributed by atoms with Gasteiger partial charge in [0.2, 0.25) is 0 Å². The minimum atomic E-state index is -0.372. The van der Waals surface area contributed by atoms with Crippen LogP contribution in [0.1, 0.15) is 24.8 Å². The lowest BCUT2D eigenvalue weighted by atomic mass is 10.0. The highest BCUT2D eigenvalue weighted by Crippen LogP contribution is 2.27. The number of nitro groups is 1. The monoisotopic (exact) mass is 283 g/mol. The summed E-state index contributed by atoms with van der Waals surface area (Å²) in [5.41, 5.74) is 6.57. The normalized spacial score (nSPS) is 20.4. The number of hydrogen-bond donors (Lipinski definition) is 1. The Hall–Kier alpha value is -1.17. The van der Waals surface area contributed by atoms with Gasteiger partial charge in [-0.2, -0.15) is 0 Å². The van der Waals surface area contributed by atoms with Crippen LogP contribution < -0.4 is 5.73 Å². The first-order valence-electron chi connectivity index (χ1n) is 6.48. The summed E-state index contributed by atoms with van der Waals surface area (Å²) in [6, 6.07) is 5.18. The highest BCUT2D eigenvalue weighted by Gasteiger charge is 2.24. The fraction of sp³-hybridized carbons (Fsp3) is 0.538. The summed E-state index contributed by atoms with van der Waals surface area (Å²) < 4.78 is 0. The number of benzene rings is 1. The molecular weight excluding hydrogens is 266 g/mol. The highest BCUT2D eigenvalue weighted by molar-refractivity contribution is 6.30. The summed E-state index contributed by atoms with van der Waals surface area (Å²) >= 11 is 5.82. The summed E-state index contributed by atoms with van der Waals surface area (Å²) in [6.07, 6.45) is 3.37. The largest absolute Gasteiger partial charge is 0.329 e. The molecule has 2 rings (SSSR count). The maximum absolute atomic E-state index is 11.1. The molecule has 104 valence electrons. The molecule has 1 unspecified atom stereocenters. The number of piperidine rings is 1. The highest BCUT2D eigenvalue weighted by atomic mass is 35.5. The number of nitro benzene ring substituents is 1. The average molecular weight is 284 g/mol. The second-order valence-corrected chi connectivity index (χ2v) is 5.32. The third-order valence-corrected chi connectivity index (χ3v) is 3.87. The quantitative estimate of drug-likeness (QED) is 0.681. The Kier molecular flexibility index (Phi) is 4.74.